The van der Waals surface area contributed by atoms with Gasteiger partial charge in [-0.2, -0.15) is 0 Å². The number of benzene rings is 2. The molecule has 0 aromatic heterocycles. The highest BCUT2D eigenvalue weighted by Gasteiger charge is 2.18. The van der Waals surface area contributed by atoms with Crippen molar-refractivity contribution in [2.24, 2.45) is 0 Å². The number of hydrogen-bond donors (Lipinski definition) is 0. The van der Waals surface area contributed by atoms with Crippen molar-refractivity contribution < 1.29 is 18.8 Å². The summed E-state index contributed by atoms with van der Waals surface area (Å²) in [4.78, 5) is 21.8. The average molecular weight is 296 g/mol. The molecule has 0 fully saturated rings. The lowest BCUT2D eigenvalue weighted by Gasteiger charge is -2.06. The van der Waals surface area contributed by atoms with E-state index in [4.69, 9.17) is 16.3 Å². The molecule has 0 radical (unpaired) electrons. The predicted molar refractivity (Wildman–Crippen MR) is 69.5 cm³/mol. The second-order valence-corrected chi connectivity index (χ2v) is 4.15. The molecule has 0 spiro atoms. The Kier molecular flexibility index (Phi) is 3.95. The number of halogens is 2. The molecule has 20 heavy (non-hydrogen) atoms. The van der Waals surface area contributed by atoms with Gasteiger partial charge in [-0.05, 0) is 18.2 Å². The van der Waals surface area contributed by atoms with Crippen molar-refractivity contribution >= 4 is 23.3 Å². The number of non-ortho nitro benzene ring substituents is 1. The highest BCUT2D eigenvalue weighted by molar-refractivity contribution is 6.33. The van der Waals surface area contributed by atoms with Crippen LogP contribution >= 0.6 is 11.6 Å². The number of esters is 1. The van der Waals surface area contributed by atoms with Crippen LogP contribution in [0.2, 0.25) is 5.02 Å². The minimum Gasteiger partial charge on any atom is -0.423 e. The topological polar surface area (TPSA) is 69.4 Å². The number of hydrogen-bond acceptors (Lipinski definition) is 4. The lowest BCUT2D eigenvalue weighted by Crippen LogP contribution is -2.11. The first-order valence-corrected chi connectivity index (χ1v) is 5.77. The Morgan fingerprint density at radius 1 is 1.25 bits per heavy atom. The van der Waals surface area contributed by atoms with Gasteiger partial charge in [0.25, 0.3) is 5.69 Å². The summed E-state index contributed by atoms with van der Waals surface area (Å²) in [5, 5.41) is 10.5. The molecular formula is C13H7ClFNO4. The summed E-state index contributed by atoms with van der Waals surface area (Å²) in [6, 6.07) is 8.76. The molecule has 0 N–H and O–H groups in total. The maximum atomic E-state index is 13.5. The van der Waals surface area contributed by atoms with Gasteiger partial charge in [-0.15, -0.1) is 0 Å². The monoisotopic (exact) mass is 295 g/mol. The normalized spacial score (nSPS) is 10.1. The van der Waals surface area contributed by atoms with Crippen molar-refractivity contribution in [3.8, 4) is 5.75 Å². The number of nitro groups is 1. The van der Waals surface area contributed by atoms with E-state index in [2.05, 4.69) is 0 Å². The van der Waals surface area contributed by atoms with E-state index in [0.29, 0.717) is 0 Å². The molecule has 0 saturated heterocycles. The minimum atomic E-state index is -1.02. The third kappa shape index (κ3) is 2.92. The van der Waals surface area contributed by atoms with Crippen LogP contribution in [0.15, 0.2) is 42.5 Å². The van der Waals surface area contributed by atoms with E-state index >= 15 is 0 Å². The van der Waals surface area contributed by atoms with Crippen LogP contribution in [-0.2, 0) is 0 Å². The molecule has 2 rings (SSSR count). The Bertz CT molecular complexity index is 670. The summed E-state index contributed by atoms with van der Waals surface area (Å²) in [6.07, 6.45) is 0. The molecule has 0 heterocycles. The second-order valence-electron chi connectivity index (χ2n) is 3.74. The fourth-order valence-electron chi connectivity index (χ4n) is 1.51. The maximum absolute atomic E-state index is 13.5. The Balaban J connectivity index is 2.28. The smallest absolute Gasteiger partial charge is 0.348 e. The zero-order valence-electron chi connectivity index (χ0n) is 9.88. The Hall–Kier alpha value is -2.47. The molecule has 102 valence electrons. The largest absolute Gasteiger partial charge is 0.423 e. The molecule has 0 unspecified atom stereocenters. The quantitative estimate of drug-likeness (QED) is 0.375. The zero-order valence-corrected chi connectivity index (χ0v) is 10.6. The maximum Gasteiger partial charge on any atom is 0.348 e. The van der Waals surface area contributed by atoms with E-state index in [-0.39, 0.29) is 16.5 Å². The molecule has 2 aromatic carbocycles. The molecule has 0 aliphatic carbocycles. The number of ether oxygens (including phenoxy) is 1. The second kappa shape index (κ2) is 5.66. The molecule has 2 aromatic rings. The lowest BCUT2D eigenvalue weighted by atomic mass is 10.2. The fraction of sp³-hybridized carbons (Fsp3) is 0. The van der Waals surface area contributed by atoms with Crippen molar-refractivity contribution in [3.05, 3.63) is 69.0 Å². The van der Waals surface area contributed by atoms with Crippen LogP contribution < -0.4 is 4.74 Å². The van der Waals surface area contributed by atoms with Gasteiger partial charge in [0.1, 0.15) is 17.1 Å². The van der Waals surface area contributed by atoms with Crippen LogP contribution in [0.5, 0.6) is 5.75 Å². The number of rotatable bonds is 3. The van der Waals surface area contributed by atoms with E-state index in [1.54, 1.807) is 0 Å². The van der Waals surface area contributed by atoms with Crippen molar-refractivity contribution in [1.29, 1.82) is 0 Å². The van der Waals surface area contributed by atoms with Gasteiger partial charge >= 0.3 is 5.97 Å². The minimum absolute atomic E-state index is 0.0662. The van der Waals surface area contributed by atoms with Crippen LogP contribution in [0.3, 0.4) is 0 Å². The fourth-order valence-corrected chi connectivity index (χ4v) is 1.75. The van der Waals surface area contributed by atoms with Gasteiger partial charge in [0.05, 0.1) is 16.0 Å². The van der Waals surface area contributed by atoms with Crippen LogP contribution in [0.25, 0.3) is 0 Å². The van der Waals surface area contributed by atoms with Crippen molar-refractivity contribution in [2.75, 3.05) is 0 Å². The average Bonchev–Trinajstić information content (AvgIpc) is 2.38. The zero-order chi connectivity index (χ0) is 14.7. The van der Waals surface area contributed by atoms with Gasteiger partial charge < -0.3 is 4.74 Å². The van der Waals surface area contributed by atoms with Crippen LogP contribution in [0.1, 0.15) is 10.4 Å². The first-order valence-electron chi connectivity index (χ1n) is 5.39. The Morgan fingerprint density at radius 2 is 1.95 bits per heavy atom. The number of carbonyl (C=O) groups is 1. The molecule has 0 amide bonds. The van der Waals surface area contributed by atoms with Crippen LogP contribution in [0.4, 0.5) is 10.1 Å². The first kappa shape index (κ1) is 14.0. The van der Waals surface area contributed by atoms with Gasteiger partial charge in [0.15, 0.2) is 0 Å². The summed E-state index contributed by atoms with van der Waals surface area (Å²) in [5.74, 6) is -1.91. The molecule has 0 bridgehead atoms. The summed E-state index contributed by atoms with van der Waals surface area (Å²) >= 11 is 5.72. The highest BCUT2D eigenvalue weighted by atomic mass is 35.5. The van der Waals surface area contributed by atoms with E-state index in [1.165, 1.54) is 30.3 Å². The Labute approximate surface area is 117 Å². The highest BCUT2D eigenvalue weighted by Crippen LogP contribution is 2.23. The number of carbonyl (C=O) groups excluding carboxylic acids is 1. The molecule has 7 heteroatoms. The van der Waals surface area contributed by atoms with Gasteiger partial charge in [-0.3, -0.25) is 10.1 Å². The molecule has 0 aliphatic heterocycles. The van der Waals surface area contributed by atoms with Gasteiger partial charge in [-0.25, -0.2) is 9.18 Å². The van der Waals surface area contributed by atoms with Crippen molar-refractivity contribution in [2.45, 2.75) is 0 Å². The van der Waals surface area contributed by atoms with Gasteiger partial charge in [-0.1, -0.05) is 23.7 Å². The van der Waals surface area contributed by atoms with Gasteiger partial charge in [0, 0.05) is 6.07 Å². The lowest BCUT2D eigenvalue weighted by molar-refractivity contribution is -0.384. The summed E-state index contributed by atoms with van der Waals surface area (Å²) in [6.45, 7) is 0. The molecule has 0 aliphatic rings. The molecule has 0 atom stereocenters. The van der Waals surface area contributed by atoms with Crippen LogP contribution in [0, 0.1) is 15.9 Å². The third-order valence-electron chi connectivity index (χ3n) is 2.41. The van der Waals surface area contributed by atoms with E-state index in [9.17, 15) is 19.3 Å². The molecule has 5 nitrogen and oxygen atoms in total. The summed E-state index contributed by atoms with van der Waals surface area (Å²) in [7, 11) is 0. The number of nitrogens with zero attached hydrogens (tertiary/aromatic N) is 1. The molecular weight excluding hydrogens is 289 g/mol. The summed E-state index contributed by atoms with van der Waals surface area (Å²) < 4.78 is 18.4. The number of nitro benzene ring substituents is 1. The first-order chi connectivity index (χ1) is 9.49. The van der Waals surface area contributed by atoms with Crippen molar-refractivity contribution in [3.63, 3.8) is 0 Å². The predicted octanol–water partition coefficient (Wildman–Crippen LogP) is 3.61. The van der Waals surface area contributed by atoms with Crippen molar-refractivity contribution in [1.82, 2.24) is 0 Å². The van der Waals surface area contributed by atoms with Gasteiger partial charge in [0.2, 0.25) is 0 Å². The van der Waals surface area contributed by atoms with E-state index < -0.39 is 22.3 Å². The third-order valence-corrected chi connectivity index (χ3v) is 2.72. The molecule has 0 saturated carbocycles. The van der Waals surface area contributed by atoms with E-state index in [1.807, 2.05) is 0 Å². The SMILES string of the molecule is O=C(Oc1cccc([N+](=O)[O-])c1)c1c(F)cccc1Cl. The standard InChI is InChI=1S/C13H7ClFNO4/c14-10-5-2-6-11(15)12(10)13(17)20-9-4-1-3-8(7-9)16(18)19/h1-7H. The summed E-state index contributed by atoms with van der Waals surface area (Å²) in [5.41, 5.74) is -0.657. The Morgan fingerprint density at radius 3 is 2.60 bits per heavy atom. The van der Waals surface area contributed by atoms with Crippen LogP contribution in [-0.4, -0.2) is 10.9 Å². The van der Waals surface area contributed by atoms with E-state index in [0.717, 1.165) is 12.1 Å².